The average molecular weight is 290 g/mol. The highest BCUT2D eigenvalue weighted by Crippen LogP contribution is 2.61. The Bertz CT molecular complexity index is 528. The second-order valence-electron chi connectivity index (χ2n) is 7.30. The van der Waals surface area contributed by atoms with Gasteiger partial charge in [-0.1, -0.05) is 0 Å². The molecule has 0 aromatic carbocycles. The van der Waals surface area contributed by atoms with Crippen LogP contribution < -0.4 is 5.32 Å². The molecule has 1 N–H and O–H groups in total. The van der Waals surface area contributed by atoms with E-state index in [0.717, 1.165) is 22.9 Å². The van der Waals surface area contributed by atoms with Gasteiger partial charge in [0.2, 0.25) is 5.91 Å². The van der Waals surface area contributed by atoms with Crippen molar-refractivity contribution in [1.29, 1.82) is 0 Å². The maximum Gasteiger partial charge on any atom is 0.223 e. The number of aromatic nitrogens is 1. The zero-order valence-corrected chi connectivity index (χ0v) is 13.1. The van der Waals surface area contributed by atoms with Gasteiger partial charge < -0.3 is 5.32 Å². The Hall–Kier alpha value is -0.900. The lowest BCUT2D eigenvalue weighted by Crippen LogP contribution is -2.49. The van der Waals surface area contributed by atoms with Gasteiger partial charge in [-0.25, -0.2) is 4.98 Å². The molecule has 0 radical (unpaired) electrons. The van der Waals surface area contributed by atoms with Crippen molar-refractivity contribution in [3.05, 3.63) is 10.6 Å². The topological polar surface area (TPSA) is 42.0 Å². The van der Waals surface area contributed by atoms with Crippen molar-refractivity contribution in [2.24, 2.45) is 17.8 Å². The molecule has 4 fully saturated rings. The molecule has 4 heteroatoms. The zero-order chi connectivity index (χ0) is 13.9. The van der Waals surface area contributed by atoms with E-state index in [9.17, 15) is 4.79 Å². The zero-order valence-electron chi connectivity index (χ0n) is 12.2. The summed E-state index contributed by atoms with van der Waals surface area (Å²) in [7, 11) is 0. The summed E-state index contributed by atoms with van der Waals surface area (Å²) in [4.78, 5) is 17.4. The lowest BCUT2D eigenvalue weighted by atomic mass is 9.48. The van der Waals surface area contributed by atoms with Crippen LogP contribution in [0.3, 0.4) is 0 Å². The molecule has 5 rings (SSSR count). The second-order valence-corrected chi connectivity index (χ2v) is 8.51. The van der Waals surface area contributed by atoms with Crippen LogP contribution >= 0.6 is 11.3 Å². The summed E-state index contributed by atoms with van der Waals surface area (Å²) in [5.74, 6) is 2.79. The number of hydrogen-bond donors (Lipinski definition) is 1. The van der Waals surface area contributed by atoms with Crippen LogP contribution in [0, 0.1) is 24.7 Å². The van der Waals surface area contributed by atoms with Crippen molar-refractivity contribution in [1.82, 2.24) is 4.98 Å². The predicted molar refractivity (Wildman–Crippen MR) is 81.0 cm³/mol. The van der Waals surface area contributed by atoms with Gasteiger partial charge in [-0.3, -0.25) is 4.79 Å². The van der Waals surface area contributed by atoms with Crippen molar-refractivity contribution in [3.63, 3.8) is 0 Å². The molecule has 4 aliphatic carbocycles. The normalized spacial score (nSPS) is 38.2. The van der Waals surface area contributed by atoms with Crippen LogP contribution in [0.1, 0.15) is 56.0 Å². The molecule has 0 spiro atoms. The van der Waals surface area contributed by atoms with Crippen LogP contribution in [-0.2, 0) is 10.2 Å². The van der Waals surface area contributed by atoms with Crippen LogP contribution in [0.4, 0.5) is 5.13 Å². The molecule has 3 nitrogen and oxygen atoms in total. The number of anilines is 1. The number of aryl methyl sites for hydroxylation is 1. The molecule has 20 heavy (non-hydrogen) atoms. The maximum absolute atomic E-state index is 11.2. The third-order valence-corrected chi connectivity index (χ3v) is 6.51. The SMILES string of the molecule is CC(=O)Nc1nc(C23CC4CC(CC(C4)C2)C3)c(C)s1. The van der Waals surface area contributed by atoms with Gasteiger partial charge >= 0.3 is 0 Å². The summed E-state index contributed by atoms with van der Waals surface area (Å²) in [5, 5.41) is 3.66. The molecule has 0 aliphatic heterocycles. The van der Waals surface area contributed by atoms with Crippen molar-refractivity contribution >= 4 is 22.4 Å². The molecule has 1 heterocycles. The van der Waals surface area contributed by atoms with Crippen LogP contribution in [0.5, 0.6) is 0 Å². The number of rotatable bonds is 2. The molecule has 4 bridgehead atoms. The van der Waals surface area contributed by atoms with Crippen LogP contribution in [0.25, 0.3) is 0 Å². The number of nitrogens with zero attached hydrogens (tertiary/aromatic N) is 1. The highest BCUT2D eigenvalue weighted by molar-refractivity contribution is 7.15. The van der Waals surface area contributed by atoms with E-state index >= 15 is 0 Å². The first-order valence-electron chi connectivity index (χ1n) is 7.79. The van der Waals surface area contributed by atoms with Crippen LogP contribution in [0.15, 0.2) is 0 Å². The minimum Gasteiger partial charge on any atom is -0.302 e. The smallest absolute Gasteiger partial charge is 0.223 e. The van der Waals surface area contributed by atoms with Gasteiger partial charge in [0.25, 0.3) is 0 Å². The first kappa shape index (κ1) is 12.8. The van der Waals surface area contributed by atoms with Gasteiger partial charge in [-0.15, -0.1) is 11.3 Å². The maximum atomic E-state index is 11.2. The Labute approximate surface area is 124 Å². The van der Waals surface area contributed by atoms with Crippen molar-refractivity contribution in [3.8, 4) is 0 Å². The van der Waals surface area contributed by atoms with Gasteiger partial charge in [0.1, 0.15) is 0 Å². The summed E-state index contributed by atoms with van der Waals surface area (Å²) in [6.45, 7) is 3.73. The standard InChI is InChI=1S/C16H22N2OS/c1-9-14(18-15(20-9)17-10(2)19)16-6-11-3-12(7-16)5-13(4-11)8-16/h11-13H,3-8H2,1-2H3,(H,17,18,19). The van der Waals surface area contributed by atoms with Gasteiger partial charge in [-0.05, 0) is 63.2 Å². The molecule has 0 atom stereocenters. The number of carbonyl (C=O) groups excluding carboxylic acids is 1. The first-order valence-corrected chi connectivity index (χ1v) is 8.61. The van der Waals surface area contributed by atoms with Crippen molar-refractivity contribution < 1.29 is 4.79 Å². The number of carbonyl (C=O) groups is 1. The lowest BCUT2D eigenvalue weighted by molar-refractivity contribution is -0.114. The summed E-state index contributed by atoms with van der Waals surface area (Å²) >= 11 is 1.65. The predicted octanol–water partition coefficient (Wildman–Crippen LogP) is 3.88. The average Bonchev–Trinajstić information content (AvgIpc) is 2.68. The minimum absolute atomic E-state index is 0.0178. The Kier molecular flexibility index (Phi) is 2.75. The van der Waals surface area contributed by atoms with E-state index in [1.165, 1.54) is 49.1 Å². The summed E-state index contributed by atoms with van der Waals surface area (Å²) in [5.41, 5.74) is 1.65. The number of nitrogens with one attached hydrogen (secondary N) is 1. The fraction of sp³-hybridized carbons (Fsp3) is 0.750. The molecule has 1 amide bonds. The molecule has 0 saturated heterocycles. The molecule has 4 saturated carbocycles. The first-order chi connectivity index (χ1) is 9.54. The molecular weight excluding hydrogens is 268 g/mol. The molecule has 1 aromatic rings. The van der Waals surface area contributed by atoms with E-state index in [-0.39, 0.29) is 5.91 Å². The number of amides is 1. The third kappa shape index (κ3) is 1.92. The van der Waals surface area contributed by atoms with Gasteiger partial charge in [0.15, 0.2) is 5.13 Å². The highest BCUT2D eigenvalue weighted by atomic mass is 32.1. The Balaban J connectivity index is 1.70. The van der Waals surface area contributed by atoms with Crippen molar-refractivity contribution in [2.45, 2.75) is 57.8 Å². The fourth-order valence-electron chi connectivity index (χ4n) is 5.49. The quantitative estimate of drug-likeness (QED) is 0.898. The van der Waals surface area contributed by atoms with E-state index in [1.54, 1.807) is 18.3 Å². The van der Waals surface area contributed by atoms with E-state index in [4.69, 9.17) is 4.98 Å². The summed E-state index contributed by atoms with van der Waals surface area (Å²) in [6, 6.07) is 0. The Morgan fingerprint density at radius 2 is 1.75 bits per heavy atom. The summed E-state index contributed by atoms with van der Waals surface area (Å²) in [6.07, 6.45) is 8.39. The molecule has 0 unspecified atom stereocenters. The minimum atomic E-state index is -0.0178. The Morgan fingerprint density at radius 1 is 1.20 bits per heavy atom. The summed E-state index contributed by atoms with van der Waals surface area (Å²) < 4.78 is 0. The number of hydrogen-bond acceptors (Lipinski definition) is 3. The van der Waals surface area contributed by atoms with Crippen LogP contribution in [-0.4, -0.2) is 10.9 Å². The Morgan fingerprint density at radius 3 is 2.25 bits per heavy atom. The van der Waals surface area contributed by atoms with E-state index in [1.807, 2.05) is 0 Å². The molecule has 4 aliphatic rings. The second kappa shape index (κ2) is 4.30. The van der Waals surface area contributed by atoms with Gasteiger partial charge in [-0.2, -0.15) is 0 Å². The van der Waals surface area contributed by atoms with Gasteiger partial charge in [0.05, 0.1) is 5.69 Å². The molecule has 1 aromatic heterocycles. The van der Waals surface area contributed by atoms with Crippen molar-refractivity contribution in [2.75, 3.05) is 5.32 Å². The largest absolute Gasteiger partial charge is 0.302 e. The molecule has 108 valence electrons. The monoisotopic (exact) mass is 290 g/mol. The lowest BCUT2D eigenvalue weighted by Gasteiger charge is -2.56. The fourth-order valence-corrected chi connectivity index (χ4v) is 6.47. The third-order valence-electron chi connectivity index (χ3n) is 5.62. The van der Waals surface area contributed by atoms with E-state index < -0.39 is 0 Å². The highest BCUT2D eigenvalue weighted by Gasteiger charge is 2.53. The van der Waals surface area contributed by atoms with Crippen LogP contribution in [0.2, 0.25) is 0 Å². The number of thiazole rings is 1. The van der Waals surface area contributed by atoms with E-state index in [2.05, 4.69) is 12.2 Å². The van der Waals surface area contributed by atoms with Gasteiger partial charge in [0, 0.05) is 17.2 Å². The van der Waals surface area contributed by atoms with E-state index in [0.29, 0.717) is 5.41 Å². The molecular formula is C16H22N2OS.